The second-order valence-corrected chi connectivity index (χ2v) is 22.0. The van der Waals surface area contributed by atoms with Gasteiger partial charge in [0.2, 0.25) is 23.6 Å². The first-order chi connectivity index (χ1) is 32.7. The fraction of sp³-hybridized carbons (Fsp3) is 0.429. The number of rotatable bonds is 8. The summed E-state index contributed by atoms with van der Waals surface area (Å²) < 4.78 is 26.3. The average Bonchev–Trinajstić information content (AvgIpc) is 3.17. The first-order valence-electron chi connectivity index (χ1n) is 22.7. The number of aryl methyl sites for hydroxylation is 1. The van der Waals surface area contributed by atoms with Crippen LogP contribution in [-0.4, -0.2) is 66.2 Å². The van der Waals surface area contributed by atoms with Crippen molar-refractivity contribution in [1.82, 2.24) is 42.5 Å². The average molecular weight is 1100 g/mol. The summed E-state index contributed by atoms with van der Waals surface area (Å²) in [5.41, 5.74) is 3.40. The van der Waals surface area contributed by atoms with Gasteiger partial charge in [-0.3, -0.25) is 19.2 Å². The van der Waals surface area contributed by atoms with E-state index < -0.39 is 0 Å². The van der Waals surface area contributed by atoms with Gasteiger partial charge in [0.1, 0.15) is 11.6 Å². The van der Waals surface area contributed by atoms with Crippen molar-refractivity contribution < 1.29 is 28.0 Å². The van der Waals surface area contributed by atoms with Gasteiger partial charge in [-0.15, -0.1) is 0 Å². The Balaban J connectivity index is -0.000000896. The van der Waals surface area contributed by atoms with E-state index in [1.54, 1.807) is 30.3 Å². The standard InChI is InChI=1S/C14H20N2OS.2C13H17FN2OS.C13H18N2OS.3CH4/c1-10-5-7-11(8-6-10)9-12(17)15-13(18)16-14(2,3)4;1-13(2,3)16-12(18)15-11(17)8-9-5-4-6-10(14)7-9;1-13(2,3)16-12(18)15-11(17)8-9-6-4-5-7-10(9)14;1-13(2,3)15-12(17)14-11(16)9-10-7-5-4-6-8-10;;;/h5-8H,9H2,1-4H3,(H2,15,16,17,18);2*4-7H,8H2,1-3H3,(H2,15,16,17,18);4-8H,9H2,1-3H3,(H2,14,15,16,17);3*1H4. The molecule has 12 nitrogen and oxygen atoms in total. The molecule has 0 saturated carbocycles. The van der Waals surface area contributed by atoms with Crippen molar-refractivity contribution in [1.29, 1.82) is 0 Å². The Kier molecular flexibility index (Phi) is 33.9. The van der Waals surface area contributed by atoms with E-state index >= 15 is 0 Å². The van der Waals surface area contributed by atoms with Crippen LogP contribution in [0.1, 0.15) is 133 Å². The lowest BCUT2D eigenvalue weighted by molar-refractivity contribution is -0.120. The summed E-state index contributed by atoms with van der Waals surface area (Å²) in [6, 6.07) is 29.6. The van der Waals surface area contributed by atoms with Crippen molar-refractivity contribution in [3.63, 3.8) is 0 Å². The zero-order valence-corrected chi connectivity index (χ0v) is 46.4. The van der Waals surface area contributed by atoms with Gasteiger partial charge in [0, 0.05) is 22.2 Å². The van der Waals surface area contributed by atoms with Crippen molar-refractivity contribution in [2.45, 2.75) is 160 Å². The fourth-order valence-corrected chi connectivity index (χ4v) is 7.17. The Morgan fingerprint density at radius 3 is 1.07 bits per heavy atom. The molecule has 0 saturated heterocycles. The summed E-state index contributed by atoms with van der Waals surface area (Å²) in [7, 11) is 0. The van der Waals surface area contributed by atoms with Crippen LogP contribution in [0.15, 0.2) is 103 Å². The Morgan fingerprint density at radius 1 is 0.405 bits per heavy atom. The lowest BCUT2D eigenvalue weighted by Gasteiger charge is -2.22. The highest BCUT2D eigenvalue weighted by molar-refractivity contribution is 7.80. The quantitative estimate of drug-likeness (QED) is 0.0789. The van der Waals surface area contributed by atoms with Crippen molar-refractivity contribution >= 4 is 92.9 Å². The predicted molar refractivity (Wildman–Crippen MR) is 320 cm³/mol. The van der Waals surface area contributed by atoms with Crippen LogP contribution in [-0.2, 0) is 44.9 Å². The number of benzene rings is 4. The molecule has 410 valence electrons. The first-order valence-corrected chi connectivity index (χ1v) is 24.4. The number of nitrogens with one attached hydrogen (secondary N) is 8. The van der Waals surface area contributed by atoms with Crippen LogP contribution in [0.25, 0.3) is 0 Å². The molecule has 4 rings (SSSR count). The molecule has 0 unspecified atom stereocenters. The van der Waals surface area contributed by atoms with Crippen LogP contribution >= 0.6 is 48.9 Å². The van der Waals surface area contributed by atoms with Crippen LogP contribution in [0, 0.1) is 18.6 Å². The van der Waals surface area contributed by atoms with E-state index in [4.69, 9.17) is 48.9 Å². The van der Waals surface area contributed by atoms with Gasteiger partial charge in [0.25, 0.3) is 0 Å². The van der Waals surface area contributed by atoms with Gasteiger partial charge in [-0.1, -0.05) is 113 Å². The van der Waals surface area contributed by atoms with Crippen LogP contribution in [0.4, 0.5) is 8.78 Å². The molecule has 0 heterocycles. The largest absolute Gasteiger partial charge is 0.358 e. The van der Waals surface area contributed by atoms with E-state index in [9.17, 15) is 28.0 Å². The fourth-order valence-electron chi connectivity index (χ4n) is 5.49. The van der Waals surface area contributed by atoms with Gasteiger partial charge in [0.05, 0.1) is 25.7 Å². The third-order valence-corrected chi connectivity index (χ3v) is 9.04. The zero-order valence-electron chi connectivity index (χ0n) is 43.2. The molecule has 0 aliphatic rings. The summed E-state index contributed by atoms with van der Waals surface area (Å²) in [6.07, 6.45) is 0.751. The molecule has 0 aromatic heterocycles. The molecule has 4 aromatic carbocycles. The highest BCUT2D eigenvalue weighted by atomic mass is 32.1. The van der Waals surface area contributed by atoms with Gasteiger partial charge in [-0.2, -0.15) is 0 Å². The second-order valence-electron chi connectivity index (χ2n) is 20.4. The highest BCUT2D eigenvalue weighted by Crippen LogP contribution is 2.09. The van der Waals surface area contributed by atoms with E-state index in [2.05, 4.69) is 42.5 Å². The normalized spacial score (nSPS) is 10.4. The predicted octanol–water partition coefficient (Wildman–Crippen LogP) is 10.6. The molecule has 0 fully saturated rings. The molecule has 0 spiro atoms. The van der Waals surface area contributed by atoms with Crippen molar-refractivity contribution in [3.8, 4) is 0 Å². The topological polar surface area (TPSA) is 165 Å². The second kappa shape index (κ2) is 34.6. The molecule has 0 aliphatic carbocycles. The molecule has 18 heteroatoms. The van der Waals surface area contributed by atoms with Crippen LogP contribution < -0.4 is 42.5 Å². The maximum atomic E-state index is 13.3. The minimum absolute atomic E-state index is 0. The van der Waals surface area contributed by atoms with Crippen molar-refractivity contribution in [2.24, 2.45) is 0 Å². The molecule has 74 heavy (non-hydrogen) atoms. The number of halogens is 2. The van der Waals surface area contributed by atoms with Crippen molar-refractivity contribution in [3.05, 3.63) is 143 Å². The highest BCUT2D eigenvalue weighted by Gasteiger charge is 2.17. The molecule has 0 radical (unpaired) electrons. The summed E-state index contributed by atoms with van der Waals surface area (Å²) in [6.45, 7) is 25.6. The Morgan fingerprint density at radius 2 is 0.716 bits per heavy atom. The lowest BCUT2D eigenvalue weighted by Crippen LogP contribution is -2.48. The van der Waals surface area contributed by atoms with Crippen LogP contribution in [0.5, 0.6) is 0 Å². The van der Waals surface area contributed by atoms with Gasteiger partial charge in [-0.05, 0) is 179 Å². The molecule has 8 N–H and O–H groups in total. The maximum Gasteiger partial charge on any atom is 0.230 e. The maximum absolute atomic E-state index is 13.3. The van der Waals surface area contributed by atoms with Gasteiger partial charge in [-0.25, -0.2) is 8.78 Å². The van der Waals surface area contributed by atoms with Crippen LogP contribution in [0.2, 0.25) is 0 Å². The first kappa shape index (κ1) is 72.4. The smallest absolute Gasteiger partial charge is 0.230 e. The summed E-state index contributed by atoms with van der Waals surface area (Å²) in [5, 5.41) is 23.7. The Hall–Kier alpha value is -5.82. The zero-order chi connectivity index (χ0) is 54.2. The minimum Gasteiger partial charge on any atom is -0.358 e. The minimum atomic E-state index is -0.387. The van der Waals surface area contributed by atoms with Crippen LogP contribution in [0.3, 0.4) is 0 Å². The molecule has 0 atom stereocenters. The van der Waals surface area contributed by atoms with Gasteiger partial charge >= 0.3 is 0 Å². The summed E-state index contributed by atoms with van der Waals surface area (Å²) in [5.74, 6) is -1.53. The molecule has 4 aromatic rings. The number of carbonyl (C=O) groups is 4. The number of hydrogen-bond acceptors (Lipinski definition) is 8. The number of carbonyl (C=O) groups excluding carboxylic acids is 4. The monoisotopic (exact) mass is 1100 g/mol. The van der Waals surface area contributed by atoms with E-state index in [1.807, 2.05) is 145 Å². The molecular weight excluding hydrogens is 1010 g/mol. The van der Waals surface area contributed by atoms with Gasteiger partial charge < -0.3 is 42.5 Å². The molecule has 0 bridgehead atoms. The van der Waals surface area contributed by atoms with E-state index in [0.29, 0.717) is 34.2 Å². The third kappa shape index (κ3) is 38.8. The molecular formula is C56H84F2N8O4S4. The third-order valence-electron chi connectivity index (χ3n) is 8.22. The van der Waals surface area contributed by atoms with Gasteiger partial charge in [0.15, 0.2) is 20.4 Å². The SMILES string of the molecule is C.C.C.CC(C)(C)NC(=S)NC(=O)Cc1cccc(F)c1.CC(C)(C)NC(=S)NC(=O)Cc1ccccc1.CC(C)(C)NC(=S)NC(=O)Cc1ccccc1F.Cc1ccc(CC(=O)NC(=S)NC(C)(C)C)cc1. The summed E-state index contributed by atoms with van der Waals surface area (Å²) >= 11 is 20.1. The van der Waals surface area contributed by atoms with E-state index in [0.717, 1.165) is 11.1 Å². The number of hydrogen-bond donors (Lipinski definition) is 8. The molecule has 0 aliphatic heterocycles. The van der Waals surface area contributed by atoms with E-state index in [-0.39, 0.29) is 103 Å². The van der Waals surface area contributed by atoms with Crippen molar-refractivity contribution in [2.75, 3.05) is 0 Å². The number of thiocarbonyl (C=S) groups is 4. The number of amides is 4. The Bertz CT molecular complexity index is 2410. The summed E-state index contributed by atoms with van der Waals surface area (Å²) in [4.78, 5) is 46.7. The Labute approximate surface area is 463 Å². The lowest BCUT2D eigenvalue weighted by atomic mass is 10.1. The van der Waals surface area contributed by atoms with E-state index in [1.165, 1.54) is 23.8 Å². The molecule has 4 amide bonds.